The van der Waals surface area contributed by atoms with E-state index in [1.54, 1.807) is 7.11 Å². The summed E-state index contributed by atoms with van der Waals surface area (Å²) in [5.74, 6) is 1.88. The zero-order valence-electron chi connectivity index (χ0n) is 11.8. The van der Waals surface area contributed by atoms with Crippen molar-refractivity contribution in [3.8, 4) is 5.75 Å². The highest BCUT2D eigenvalue weighted by molar-refractivity contribution is 5.37. The van der Waals surface area contributed by atoms with Crippen LogP contribution in [0.5, 0.6) is 5.75 Å². The summed E-state index contributed by atoms with van der Waals surface area (Å²) in [6.45, 7) is 2.15. The molecule has 0 saturated heterocycles. The predicted molar refractivity (Wildman–Crippen MR) is 76.2 cm³/mol. The van der Waals surface area contributed by atoms with E-state index in [4.69, 9.17) is 4.74 Å². The number of hydrogen-bond acceptors (Lipinski definition) is 2. The van der Waals surface area contributed by atoms with Gasteiger partial charge in [0.15, 0.2) is 0 Å². The summed E-state index contributed by atoms with van der Waals surface area (Å²) in [5, 5.41) is 3.40. The predicted octanol–water partition coefficient (Wildman–Crippen LogP) is 3.32. The van der Waals surface area contributed by atoms with E-state index in [1.807, 2.05) is 0 Å². The van der Waals surface area contributed by atoms with Gasteiger partial charge in [-0.15, -0.1) is 0 Å². The molecule has 18 heavy (non-hydrogen) atoms. The number of ether oxygens (including phenoxy) is 1. The fourth-order valence-electron chi connectivity index (χ4n) is 3.03. The summed E-state index contributed by atoms with van der Waals surface area (Å²) in [5.41, 5.74) is 2.71. The second-order valence-electron chi connectivity index (χ2n) is 5.53. The summed E-state index contributed by atoms with van der Waals surface area (Å²) in [6, 6.07) is 7.24. The van der Waals surface area contributed by atoms with Gasteiger partial charge in [0.2, 0.25) is 0 Å². The molecule has 0 radical (unpaired) electrons. The molecule has 2 rings (SSSR count). The Kier molecular flexibility index (Phi) is 4.65. The third-order valence-corrected chi connectivity index (χ3v) is 4.20. The SMILES string of the molecule is CNC1CCC(Cc2cc(C)ccc2OC)CC1. The van der Waals surface area contributed by atoms with E-state index in [0.717, 1.165) is 17.7 Å². The Morgan fingerprint density at radius 1 is 1.22 bits per heavy atom. The van der Waals surface area contributed by atoms with Crippen LogP contribution in [0.25, 0.3) is 0 Å². The van der Waals surface area contributed by atoms with E-state index in [1.165, 1.54) is 43.2 Å². The molecule has 0 aromatic heterocycles. The average molecular weight is 247 g/mol. The first-order chi connectivity index (χ1) is 8.72. The van der Waals surface area contributed by atoms with Gasteiger partial charge in [-0.1, -0.05) is 17.7 Å². The van der Waals surface area contributed by atoms with Crippen molar-refractivity contribution in [3.05, 3.63) is 29.3 Å². The summed E-state index contributed by atoms with van der Waals surface area (Å²) < 4.78 is 5.47. The van der Waals surface area contributed by atoms with Crippen LogP contribution in [-0.4, -0.2) is 20.2 Å². The van der Waals surface area contributed by atoms with Crippen LogP contribution >= 0.6 is 0 Å². The Morgan fingerprint density at radius 3 is 2.56 bits per heavy atom. The number of benzene rings is 1. The van der Waals surface area contributed by atoms with Crippen molar-refractivity contribution in [2.24, 2.45) is 5.92 Å². The van der Waals surface area contributed by atoms with Gasteiger partial charge in [-0.2, -0.15) is 0 Å². The van der Waals surface area contributed by atoms with E-state index >= 15 is 0 Å². The Hall–Kier alpha value is -1.02. The molecule has 0 bridgehead atoms. The van der Waals surface area contributed by atoms with Crippen molar-refractivity contribution >= 4 is 0 Å². The first kappa shape index (κ1) is 13.4. The molecule has 1 saturated carbocycles. The van der Waals surface area contributed by atoms with Crippen molar-refractivity contribution in [1.82, 2.24) is 5.32 Å². The molecule has 0 amide bonds. The maximum absolute atomic E-state index is 5.47. The minimum atomic E-state index is 0.737. The molecule has 2 heteroatoms. The number of methoxy groups -OCH3 is 1. The maximum atomic E-state index is 5.47. The van der Waals surface area contributed by atoms with Crippen LogP contribution in [0.2, 0.25) is 0 Å². The van der Waals surface area contributed by atoms with E-state index in [9.17, 15) is 0 Å². The Bertz CT molecular complexity index is 381. The molecule has 0 unspecified atom stereocenters. The second-order valence-corrected chi connectivity index (χ2v) is 5.53. The second kappa shape index (κ2) is 6.24. The van der Waals surface area contributed by atoms with E-state index in [-0.39, 0.29) is 0 Å². The van der Waals surface area contributed by atoms with Crippen LogP contribution in [0.4, 0.5) is 0 Å². The molecule has 0 spiro atoms. The highest BCUT2D eigenvalue weighted by Gasteiger charge is 2.21. The van der Waals surface area contributed by atoms with Gasteiger partial charge in [-0.05, 0) is 63.6 Å². The molecular formula is C16H25NO. The Morgan fingerprint density at radius 2 is 1.94 bits per heavy atom. The Balaban J connectivity index is 1.99. The third-order valence-electron chi connectivity index (χ3n) is 4.20. The highest BCUT2D eigenvalue weighted by Crippen LogP contribution is 2.30. The summed E-state index contributed by atoms with van der Waals surface area (Å²) in [4.78, 5) is 0. The van der Waals surface area contributed by atoms with Gasteiger partial charge in [0, 0.05) is 6.04 Å². The van der Waals surface area contributed by atoms with Crippen molar-refractivity contribution < 1.29 is 4.74 Å². The fourth-order valence-corrected chi connectivity index (χ4v) is 3.03. The summed E-state index contributed by atoms with van der Waals surface area (Å²) in [7, 11) is 3.85. The lowest BCUT2D eigenvalue weighted by Gasteiger charge is -2.28. The summed E-state index contributed by atoms with van der Waals surface area (Å²) >= 11 is 0. The normalized spacial score (nSPS) is 23.9. The first-order valence-corrected chi connectivity index (χ1v) is 7.03. The monoisotopic (exact) mass is 247 g/mol. The van der Waals surface area contributed by atoms with Gasteiger partial charge in [0.1, 0.15) is 5.75 Å². The smallest absolute Gasteiger partial charge is 0.122 e. The molecule has 0 heterocycles. The van der Waals surface area contributed by atoms with Crippen LogP contribution in [0, 0.1) is 12.8 Å². The molecule has 1 aromatic carbocycles. The lowest BCUT2D eigenvalue weighted by molar-refractivity contribution is 0.297. The van der Waals surface area contributed by atoms with E-state index in [0.29, 0.717) is 0 Å². The zero-order valence-corrected chi connectivity index (χ0v) is 11.8. The molecule has 100 valence electrons. The minimum absolute atomic E-state index is 0.737. The van der Waals surface area contributed by atoms with Gasteiger partial charge in [-0.25, -0.2) is 0 Å². The number of aryl methyl sites for hydroxylation is 1. The molecular weight excluding hydrogens is 222 g/mol. The molecule has 1 aliphatic rings. The highest BCUT2D eigenvalue weighted by atomic mass is 16.5. The van der Waals surface area contributed by atoms with Crippen LogP contribution < -0.4 is 10.1 Å². The fraction of sp³-hybridized carbons (Fsp3) is 0.625. The number of nitrogens with one attached hydrogen (secondary N) is 1. The largest absolute Gasteiger partial charge is 0.496 e. The quantitative estimate of drug-likeness (QED) is 0.881. The molecule has 1 N–H and O–H groups in total. The lowest BCUT2D eigenvalue weighted by atomic mass is 9.82. The lowest BCUT2D eigenvalue weighted by Crippen LogP contribution is -2.30. The molecule has 2 nitrogen and oxygen atoms in total. The van der Waals surface area contributed by atoms with Crippen molar-refractivity contribution in [1.29, 1.82) is 0 Å². The topological polar surface area (TPSA) is 21.3 Å². The van der Waals surface area contributed by atoms with Gasteiger partial charge in [-0.3, -0.25) is 0 Å². The molecule has 0 aliphatic heterocycles. The molecule has 1 aromatic rings. The van der Waals surface area contributed by atoms with E-state index in [2.05, 4.69) is 37.5 Å². The van der Waals surface area contributed by atoms with Crippen molar-refractivity contribution in [3.63, 3.8) is 0 Å². The maximum Gasteiger partial charge on any atom is 0.122 e. The summed E-state index contributed by atoms with van der Waals surface area (Å²) in [6.07, 6.45) is 6.47. The first-order valence-electron chi connectivity index (χ1n) is 7.03. The molecule has 1 fully saturated rings. The number of rotatable bonds is 4. The number of hydrogen-bond donors (Lipinski definition) is 1. The van der Waals surface area contributed by atoms with Gasteiger partial charge in [0.25, 0.3) is 0 Å². The van der Waals surface area contributed by atoms with Crippen LogP contribution in [0.3, 0.4) is 0 Å². The van der Waals surface area contributed by atoms with Crippen LogP contribution in [-0.2, 0) is 6.42 Å². The third kappa shape index (κ3) is 3.26. The average Bonchev–Trinajstić information content (AvgIpc) is 2.40. The van der Waals surface area contributed by atoms with E-state index < -0.39 is 0 Å². The molecule has 0 atom stereocenters. The van der Waals surface area contributed by atoms with Gasteiger partial charge >= 0.3 is 0 Å². The van der Waals surface area contributed by atoms with Crippen LogP contribution in [0.1, 0.15) is 36.8 Å². The van der Waals surface area contributed by atoms with Crippen molar-refractivity contribution in [2.45, 2.75) is 45.1 Å². The minimum Gasteiger partial charge on any atom is -0.496 e. The Labute approximate surface area is 111 Å². The van der Waals surface area contributed by atoms with Gasteiger partial charge < -0.3 is 10.1 Å². The molecule has 1 aliphatic carbocycles. The van der Waals surface area contributed by atoms with Crippen molar-refractivity contribution in [2.75, 3.05) is 14.2 Å². The zero-order chi connectivity index (χ0) is 13.0. The van der Waals surface area contributed by atoms with Gasteiger partial charge in [0.05, 0.1) is 7.11 Å². The van der Waals surface area contributed by atoms with Crippen LogP contribution in [0.15, 0.2) is 18.2 Å². The standard InChI is InChI=1S/C16H25NO/c1-12-4-9-16(18-3)14(10-12)11-13-5-7-15(17-2)8-6-13/h4,9-10,13,15,17H,5-8,11H2,1-3H3.